The Morgan fingerprint density at radius 1 is 1.88 bits per heavy atom. The molecule has 0 heterocycles. The molecule has 0 aliphatic heterocycles. The number of nitrogens with two attached hydrogens (primary N) is 1. The normalized spacial score (nSPS) is 9.75. The third-order valence-electron chi connectivity index (χ3n) is 0.669. The predicted molar refractivity (Wildman–Crippen MR) is 34.1 cm³/mol. The van der Waals surface area contributed by atoms with Gasteiger partial charge in [-0.25, -0.2) is 0 Å². The number of nitrogens with one attached hydrogen (secondary N) is 1. The fourth-order valence-corrected chi connectivity index (χ4v) is 0.235. The molecule has 0 aliphatic rings. The van der Waals surface area contributed by atoms with Crippen LogP contribution in [0.5, 0.6) is 0 Å². The Labute approximate surface area is 48.5 Å². The minimum absolute atomic E-state index is 0.00407. The summed E-state index contributed by atoms with van der Waals surface area (Å²) in [5.74, 6) is -0.00407. The lowest BCUT2D eigenvalue weighted by atomic mass is 10.8. The van der Waals surface area contributed by atoms with Crippen LogP contribution in [0.4, 0.5) is 0 Å². The maximum Gasteiger partial charge on any atom is 0.193 e. The number of aliphatic imine (C=N–C) groups is 1. The van der Waals surface area contributed by atoms with Crippen molar-refractivity contribution in [1.29, 1.82) is 5.41 Å². The van der Waals surface area contributed by atoms with Gasteiger partial charge in [-0.15, -0.1) is 0 Å². The lowest BCUT2D eigenvalue weighted by Crippen LogP contribution is -2.31. The van der Waals surface area contributed by atoms with Crippen LogP contribution in [0.25, 0.3) is 0 Å². The zero-order valence-corrected chi connectivity index (χ0v) is 5.05. The van der Waals surface area contributed by atoms with E-state index in [2.05, 4.69) is 4.99 Å². The molecule has 0 atom stereocenters. The first-order chi connectivity index (χ1) is 3.68. The van der Waals surface area contributed by atoms with Gasteiger partial charge in [0.25, 0.3) is 0 Å². The van der Waals surface area contributed by atoms with Gasteiger partial charge in [0, 0.05) is 14.1 Å². The third-order valence-corrected chi connectivity index (χ3v) is 0.669. The van der Waals surface area contributed by atoms with Crippen molar-refractivity contribution in [2.75, 3.05) is 14.1 Å². The van der Waals surface area contributed by atoms with Gasteiger partial charge < -0.3 is 10.6 Å². The summed E-state index contributed by atoms with van der Waals surface area (Å²) in [6.45, 7) is 0. The molecule has 8 heavy (non-hydrogen) atoms. The van der Waals surface area contributed by atoms with E-state index in [1.807, 2.05) is 0 Å². The average molecular weight is 114 g/mol. The van der Waals surface area contributed by atoms with Crippen LogP contribution in [-0.4, -0.2) is 31.3 Å². The molecule has 0 spiro atoms. The fourth-order valence-electron chi connectivity index (χ4n) is 0.235. The second kappa shape index (κ2) is 3.01. The van der Waals surface area contributed by atoms with Gasteiger partial charge in [-0.05, 0) is 0 Å². The maximum atomic E-state index is 6.82. The van der Waals surface area contributed by atoms with Crippen LogP contribution < -0.4 is 5.73 Å². The molecule has 3 N–H and O–H groups in total. The molecule has 46 valence electrons. The summed E-state index contributed by atoms with van der Waals surface area (Å²) in [7, 11) is 3.29. The number of guanidine groups is 1. The zero-order chi connectivity index (χ0) is 6.57. The highest BCUT2D eigenvalue weighted by Crippen LogP contribution is 1.69. The van der Waals surface area contributed by atoms with E-state index in [0.717, 1.165) is 0 Å². The SMILES string of the molecule is CN=CN(C)C(=N)N. The second-order valence-electron chi connectivity index (χ2n) is 1.37. The Balaban J connectivity index is 3.64. The molecule has 0 radical (unpaired) electrons. The van der Waals surface area contributed by atoms with E-state index >= 15 is 0 Å². The van der Waals surface area contributed by atoms with E-state index in [1.165, 1.54) is 11.2 Å². The monoisotopic (exact) mass is 114 g/mol. The van der Waals surface area contributed by atoms with E-state index in [9.17, 15) is 0 Å². The molecule has 4 nitrogen and oxygen atoms in total. The number of nitrogens with zero attached hydrogens (tertiary/aromatic N) is 2. The molecule has 0 aromatic rings. The van der Waals surface area contributed by atoms with Crippen molar-refractivity contribution >= 4 is 12.3 Å². The molecule has 0 aliphatic carbocycles. The lowest BCUT2D eigenvalue weighted by molar-refractivity contribution is 0.755. The van der Waals surface area contributed by atoms with Gasteiger partial charge in [0.15, 0.2) is 5.96 Å². The second-order valence-corrected chi connectivity index (χ2v) is 1.37. The third kappa shape index (κ3) is 2.17. The highest BCUT2D eigenvalue weighted by atomic mass is 15.2. The van der Waals surface area contributed by atoms with Crippen molar-refractivity contribution < 1.29 is 0 Å². The Morgan fingerprint density at radius 3 is 2.50 bits per heavy atom. The van der Waals surface area contributed by atoms with E-state index in [0.29, 0.717) is 0 Å². The number of rotatable bonds is 1. The lowest BCUT2D eigenvalue weighted by Gasteiger charge is -2.07. The predicted octanol–water partition coefficient (Wildman–Crippen LogP) is -0.530. The molecule has 0 saturated heterocycles. The standard InChI is InChI=1S/C4H10N4/c1-7-3-8(2)4(5)6/h3H,1-2H3,(H3,5,6). The van der Waals surface area contributed by atoms with E-state index in [4.69, 9.17) is 11.1 Å². The van der Waals surface area contributed by atoms with Crippen molar-refractivity contribution in [2.24, 2.45) is 10.7 Å². The van der Waals surface area contributed by atoms with Crippen molar-refractivity contribution in [3.63, 3.8) is 0 Å². The van der Waals surface area contributed by atoms with Crippen LogP contribution in [0, 0.1) is 5.41 Å². The fraction of sp³-hybridized carbons (Fsp3) is 0.500. The maximum absolute atomic E-state index is 6.82. The number of hydrogen-bond acceptors (Lipinski definition) is 2. The van der Waals surface area contributed by atoms with Gasteiger partial charge in [-0.1, -0.05) is 0 Å². The molecule has 0 aromatic carbocycles. The van der Waals surface area contributed by atoms with Gasteiger partial charge in [0.1, 0.15) is 0 Å². The molecular formula is C4H10N4. The van der Waals surface area contributed by atoms with Gasteiger partial charge >= 0.3 is 0 Å². The Kier molecular flexibility index (Phi) is 2.61. The first-order valence-corrected chi connectivity index (χ1v) is 2.17. The molecule has 0 saturated carbocycles. The molecule has 0 unspecified atom stereocenters. The highest BCUT2D eigenvalue weighted by Gasteiger charge is 1.89. The molecular weight excluding hydrogens is 104 g/mol. The van der Waals surface area contributed by atoms with E-state index < -0.39 is 0 Å². The van der Waals surface area contributed by atoms with Crippen LogP contribution >= 0.6 is 0 Å². The van der Waals surface area contributed by atoms with Crippen LogP contribution in [0.2, 0.25) is 0 Å². The van der Waals surface area contributed by atoms with Gasteiger partial charge in [-0.3, -0.25) is 10.4 Å². The first kappa shape index (κ1) is 6.94. The van der Waals surface area contributed by atoms with Crippen molar-refractivity contribution in [3.05, 3.63) is 0 Å². The van der Waals surface area contributed by atoms with Crippen LogP contribution in [0.15, 0.2) is 4.99 Å². The Morgan fingerprint density at radius 2 is 2.38 bits per heavy atom. The first-order valence-electron chi connectivity index (χ1n) is 2.17. The van der Waals surface area contributed by atoms with Gasteiger partial charge in [0.05, 0.1) is 6.34 Å². The molecule has 0 fully saturated rings. The van der Waals surface area contributed by atoms with Gasteiger partial charge in [-0.2, -0.15) is 0 Å². The quantitative estimate of drug-likeness (QED) is 0.355. The molecule has 4 heteroatoms. The van der Waals surface area contributed by atoms with E-state index in [-0.39, 0.29) is 5.96 Å². The van der Waals surface area contributed by atoms with Crippen molar-refractivity contribution in [1.82, 2.24) is 4.90 Å². The van der Waals surface area contributed by atoms with E-state index in [1.54, 1.807) is 14.1 Å². The summed E-state index contributed by atoms with van der Waals surface area (Å²) in [6.07, 6.45) is 1.47. The minimum atomic E-state index is -0.00407. The summed E-state index contributed by atoms with van der Waals surface area (Å²) >= 11 is 0. The summed E-state index contributed by atoms with van der Waals surface area (Å²) in [6, 6.07) is 0. The summed E-state index contributed by atoms with van der Waals surface area (Å²) < 4.78 is 0. The molecule has 0 bridgehead atoms. The average Bonchev–Trinajstić information content (AvgIpc) is 1.67. The smallest absolute Gasteiger partial charge is 0.193 e. The Hall–Kier alpha value is -1.06. The van der Waals surface area contributed by atoms with Gasteiger partial charge in [0.2, 0.25) is 0 Å². The minimum Gasteiger partial charge on any atom is -0.370 e. The molecule has 0 rings (SSSR count). The summed E-state index contributed by atoms with van der Waals surface area (Å²) in [5, 5.41) is 6.82. The van der Waals surface area contributed by atoms with Crippen LogP contribution in [0.3, 0.4) is 0 Å². The van der Waals surface area contributed by atoms with Crippen molar-refractivity contribution in [2.45, 2.75) is 0 Å². The molecule has 0 aromatic heterocycles. The summed E-state index contributed by atoms with van der Waals surface area (Å²) in [4.78, 5) is 5.05. The molecule has 0 amide bonds. The summed E-state index contributed by atoms with van der Waals surface area (Å²) in [5.41, 5.74) is 5.04. The highest BCUT2D eigenvalue weighted by molar-refractivity contribution is 5.86. The largest absolute Gasteiger partial charge is 0.370 e. The topological polar surface area (TPSA) is 65.5 Å². The number of hydrogen-bond donors (Lipinski definition) is 2. The van der Waals surface area contributed by atoms with Crippen molar-refractivity contribution in [3.8, 4) is 0 Å². The van der Waals surface area contributed by atoms with Crippen LogP contribution in [-0.2, 0) is 0 Å². The zero-order valence-electron chi connectivity index (χ0n) is 5.05. The van der Waals surface area contributed by atoms with Crippen LogP contribution in [0.1, 0.15) is 0 Å². The Bertz CT molecular complexity index is 107.